The zero-order chi connectivity index (χ0) is 20.7. The normalized spacial score (nSPS) is 13.2. The van der Waals surface area contributed by atoms with Gasteiger partial charge in [0.15, 0.2) is 0 Å². The number of carbonyl (C=O) groups excluding carboxylic acids is 3. The van der Waals surface area contributed by atoms with Crippen LogP contribution in [0.15, 0.2) is 30.3 Å². The minimum Gasteiger partial charge on any atom is -0.365 e. The van der Waals surface area contributed by atoms with E-state index in [1.165, 1.54) is 18.3 Å². The van der Waals surface area contributed by atoms with E-state index in [9.17, 15) is 14.4 Å². The molecule has 3 heterocycles. The van der Waals surface area contributed by atoms with Crippen molar-refractivity contribution in [3.8, 4) is 0 Å². The minimum absolute atomic E-state index is 0.0192. The maximum Gasteiger partial charge on any atom is 0.256 e. The van der Waals surface area contributed by atoms with E-state index in [1.807, 2.05) is 25.1 Å². The van der Waals surface area contributed by atoms with Gasteiger partial charge in [0.05, 0.1) is 17.6 Å². The van der Waals surface area contributed by atoms with Crippen molar-refractivity contribution >= 4 is 45.0 Å². The molecule has 2 aromatic heterocycles. The average molecular weight is 408 g/mol. The molecule has 0 unspecified atom stereocenters. The van der Waals surface area contributed by atoms with E-state index in [1.54, 1.807) is 17.0 Å². The smallest absolute Gasteiger partial charge is 0.256 e. The Kier molecular flexibility index (Phi) is 4.79. The van der Waals surface area contributed by atoms with Gasteiger partial charge in [0.1, 0.15) is 5.00 Å². The molecule has 29 heavy (non-hydrogen) atoms. The maximum atomic E-state index is 12.9. The van der Waals surface area contributed by atoms with Crippen molar-refractivity contribution in [2.75, 3.05) is 11.9 Å². The van der Waals surface area contributed by atoms with Crippen LogP contribution < -0.4 is 11.1 Å². The number of rotatable bonds is 3. The van der Waals surface area contributed by atoms with Crippen LogP contribution in [0.25, 0.3) is 10.9 Å². The van der Waals surface area contributed by atoms with E-state index in [2.05, 4.69) is 10.3 Å². The zero-order valence-electron chi connectivity index (χ0n) is 16.1. The Morgan fingerprint density at radius 3 is 2.69 bits per heavy atom. The fourth-order valence-electron chi connectivity index (χ4n) is 3.56. The minimum atomic E-state index is -0.579. The number of nitrogens with one attached hydrogen (secondary N) is 1. The molecule has 7 nitrogen and oxygen atoms in total. The summed E-state index contributed by atoms with van der Waals surface area (Å²) in [6.07, 6.45) is 0.540. The Bertz CT molecular complexity index is 1170. The molecule has 1 aliphatic heterocycles. The molecule has 1 aromatic carbocycles. The molecule has 4 rings (SSSR count). The van der Waals surface area contributed by atoms with E-state index >= 15 is 0 Å². The molecule has 0 aliphatic carbocycles. The summed E-state index contributed by atoms with van der Waals surface area (Å²) in [7, 11) is 0. The van der Waals surface area contributed by atoms with Crippen LogP contribution in [0.2, 0.25) is 0 Å². The van der Waals surface area contributed by atoms with Gasteiger partial charge in [-0.1, -0.05) is 12.1 Å². The van der Waals surface area contributed by atoms with Crippen molar-refractivity contribution in [2.45, 2.75) is 26.8 Å². The fraction of sp³-hybridized carbons (Fsp3) is 0.238. The molecule has 0 saturated carbocycles. The molecular formula is C21H20N4O3S. The largest absolute Gasteiger partial charge is 0.365 e. The second-order valence-corrected chi connectivity index (χ2v) is 8.18. The van der Waals surface area contributed by atoms with Crippen LogP contribution in [-0.2, 0) is 17.8 Å². The van der Waals surface area contributed by atoms with Crippen molar-refractivity contribution in [1.29, 1.82) is 0 Å². The molecule has 0 spiro atoms. The van der Waals surface area contributed by atoms with Crippen LogP contribution in [0.5, 0.6) is 0 Å². The summed E-state index contributed by atoms with van der Waals surface area (Å²) in [5.41, 5.74) is 8.82. The molecule has 3 aromatic rings. The maximum absolute atomic E-state index is 12.9. The van der Waals surface area contributed by atoms with Crippen LogP contribution in [0.1, 0.15) is 43.8 Å². The van der Waals surface area contributed by atoms with Gasteiger partial charge in [-0.05, 0) is 37.1 Å². The number of thiophene rings is 1. The predicted molar refractivity (Wildman–Crippen MR) is 112 cm³/mol. The second kappa shape index (κ2) is 7.29. The first-order chi connectivity index (χ1) is 13.8. The lowest BCUT2D eigenvalue weighted by Gasteiger charge is -2.25. The number of anilines is 1. The van der Waals surface area contributed by atoms with Crippen molar-refractivity contribution in [1.82, 2.24) is 9.88 Å². The highest BCUT2D eigenvalue weighted by atomic mass is 32.1. The molecule has 148 valence electrons. The van der Waals surface area contributed by atoms with Gasteiger partial charge in [0, 0.05) is 35.0 Å². The Morgan fingerprint density at radius 2 is 1.97 bits per heavy atom. The molecule has 1 aliphatic rings. The molecule has 3 N–H and O–H groups in total. The summed E-state index contributed by atoms with van der Waals surface area (Å²) in [4.78, 5) is 43.7. The quantitative estimate of drug-likeness (QED) is 0.695. The number of carbonyl (C=O) groups is 3. The van der Waals surface area contributed by atoms with Crippen molar-refractivity contribution in [3.05, 3.63) is 57.6 Å². The van der Waals surface area contributed by atoms with Gasteiger partial charge in [-0.25, -0.2) is 0 Å². The Morgan fingerprint density at radius 1 is 1.21 bits per heavy atom. The predicted octanol–water partition coefficient (Wildman–Crippen LogP) is 2.86. The van der Waals surface area contributed by atoms with E-state index in [0.29, 0.717) is 35.6 Å². The molecule has 8 heteroatoms. The molecule has 0 atom stereocenters. The van der Waals surface area contributed by atoms with E-state index in [-0.39, 0.29) is 11.8 Å². The fourth-order valence-corrected chi connectivity index (χ4v) is 4.82. The highest BCUT2D eigenvalue weighted by Crippen LogP contribution is 2.37. The number of hydrogen-bond donors (Lipinski definition) is 2. The zero-order valence-corrected chi connectivity index (χ0v) is 16.9. The highest BCUT2D eigenvalue weighted by Gasteiger charge is 2.28. The van der Waals surface area contributed by atoms with Crippen LogP contribution in [0.4, 0.5) is 5.00 Å². The summed E-state index contributed by atoms with van der Waals surface area (Å²) in [5, 5.41) is 4.21. The van der Waals surface area contributed by atoms with Gasteiger partial charge in [-0.2, -0.15) is 0 Å². The first-order valence-corrected chi connectivity index (χ1v) is 10.0. The summed E-state index contributed by atoms with van der Waals surface area (Å²) in [5.74, 6) is -0.932. The first-order valence-electron chi connectivity index (χ1n) is 9.22. The Hall–Kier alpha value is -3.26. The summed E-state index contributed by atoms with van der Waals surface area (Å²) >= 11 is 1.30. The second-order valence-electron chi connectivity index (χ2n) is 7.08. The van der Waals surface area contributed by atoms with Gasteiger partial charge in [-0.3, -0.25) is 19.4 Å². The van der Waals surface area contributed by atoms with Gasteiger partial charge in [0.25, 0.3) is 11.8 Å². The number of primary amides is 1. The first kappa shape index (κ1) is 19.1. The summed E-state index contributed by atoms with van der Waals surface area (Å²) in [6, 6.07) is 9.17. The topological polar surface area (TPSA) is 105 Å². The van der Waals surface area contributed by atoms with Gasteiger partial charge >= 0.3 is 0 Å². The lowest BCUT2D eigenvalue weighted by molar-refractivity contribution is -0.129. The SMILES string of the molecule is CC(=O)N1CCc2c(sc(NC(=O)c3ccc4ccc(C)nc4c3)c2C(N)=O)C1. The van der Waals surface area contributed by atoms with Crippen LogP contribution >= 0.6 is 11.3 Å². The van der Waals surface area contributed by atoms with Crippen LogP contribution in [0.3, 0.4) is 0 Å². The van der Waals surface area contributed by atoms with Crippen molar-refractivity contribution < 1.29 is 14.4 Å². The number of hydrogen-bond acceptors (Lipinski definition) is 5. The molecule has 0 saturated heterocycles. The van der Waals surface area contributed by atoms with E-state index < -0.39 is 5.91 Å². The van der Waals surface area contributed by atoms with Gasteiger partial charge in [0.2, 0.25) is 5.91 Å². The van der Waals surface area contributed by atoms with Gasteiger partial charge < -0.3 is 16.0 Å². The molecular weight excluding hydrogens is 388 g/mol. The third-order valence-corrected chi connectivity index (χ3v) is 6.20. The van der Waals surface area contributed by atoms with Crippen LogP contribution in [-0.4, -0.2) is 34.2 Å². The summed E-state index contributed by atoms with van der Waals surface area (Å²) < 4.78 is 0. The van der Waals surface area contributed by atoms with Crippen molar-refractivity contribution in [2.24, 2.45) is 5.73 Å². The summed E-state index contributed by atoms with van der Waals surface area (Å²) in [6.45, 7) is 4.37. The molecule has 0 bridgehead atoms. The molecule has 0 fully saturated rings. The van der Waals surface area contributed by atoms with E-state index in [4.69, 9.17) is 5.73 Å². The number of aryl methyl sites for hydroxylation is 1. The number of benzene rings is 1. The number of nitrogens with two attached hydrogens (primary N) is 1. The number of pyridine rings is 1. The molecule has 3 amide bonds. The number of amides is 3. The van der Waals surface area contributed by atoms with Gasteiger partial charge in [-0.15, -0.1) is 11.3 Å². The monoisotopic (exact) mass is 408 g/mol. The Balaban J connectivity index is 1.66. The van der Waals surface area contributed by atoms with Crippen LogP contribution in [0, 0.1) is 6.92 Å². The third kappa shape index (κ3) is 3.58. The van der Waals surface area contributed by atoms with Crippen molar-refractivity contribution in [3.63, 3.8) is 0 Å². The lowest BCUT2D eigenvalue weighted by atomic mass is 10.0. The Labute approximate surface area is 171 Å². The van der Waals surface area contributed by atoms with E-state index in [0.717, 1.165) is 27.0 Å². The number of fused-ring (bicyclic) bond motifs is 2. The number of nitrogens with zero attached hydrogens (tertiary/aromatic N) is 2. The average Bonchev–Trinajstić information content (AvgIpc) is 3.04. The lowest BCUT2D eigenvalue weighted by Crippen LogP contribution is -2.34. The molecule has 0 radical (unpaired) electrons. The highest BCUT2D eigenvalue weighted by molar-refractivity contribution is 7.17. The number of aromatic nitrogens is 1. The standard InChI is InChI=1S/C21H20N4O3S/c1-11-3-4-13-5-6-14(9-16(13)23-11)20(28)24-21-18(19(22)27)15-7-8-25(12(2)26)10-17(15)29-21/h3-6,9H,7-8,10H2,1-2H3,(H2,22,27)(H,24,28). The third-order valence-electron chi connectivity index (χ3n) is 5.07.